The quantitative estimate of drug-likeness (QED) is 0.395. The Kier molecular flexibility index (Phi) is 6.11. The van der Waals surface area contributed by atoms with Crippen molar-refractivity contribution in [3.05, 3.63) is 77.9 Å². The molecule has 0 unspecified atom stereocenters. The van der Waals surface area contributed by atoms with Gasteiger partial charge in [-0.15, -0.1) is 0 Å². The first-order valence-corrected chi connectivity index (χ1v) is 11.7. The highest BCUT2D eigenvalue weighted by molar-refractivity contribution is 5.89. The molecule has 1 aliphatic carbocycles. The number of nitriles is 1. The minimum absolute atomic E-state index is 0.100. The van der Waals surface area contributed by atoms with Gasteiger partial charge in [-0.05, 0) is 80.1 Å². The lowest BCUT2D eigenvalue weighted by molar-refractivity contribution is 0.143. The molecule has 3 N–H and O–H groups in total. The number of hydrogen-bond acceptors (Lipinski definition) is 6. The van der Waals surface area contributed by atoms with Gasteiger partial charge in [-0.3, -0.25) is 0 Å². The molecule has 34 heavy (non-hydrogen) atoms. The van der Waals surface area contributed by atoms with Crippen molar-refractivity contribution in [3.8, 4) is 23.1 Å². The number of rotatable bonds is 5. The Morgan fingerprint density at radius 2 is 1.62 bits per heavy atom. The maximum absolute atomic E-state index is 9.09. The van der Waals surface area contributed by atoms with E-state index in [4.69, 9.17) is 25.7 Å². The fraction of sp³-hybridized carbons (Fsp3) is 0.250. The molecule has 1 aromatic heterocycles. The molecular weight excluding hydrogens is 422 g/mol. The summed E-state index contributed by atoms with van der Waals surface area (Å²) in [5, 5.41) is 13.3. The van der Waals surface area contributed by atoms with Gasteiger partial charge in [0.2, 0.25) is 11.8 Å². The molecule has 0 spiro atoms. The van der Waals surface area contributed by atoms with Crippen LogP contribution in [0.1, 0.15) is 36.8 Å². The van der Waals surface area contributed by atoms with Crippen LogP contribution in [0.15, 0.2) is 66.7 Å². The SMILES string of the molecule is Cc1ccc(Nc2nc(OC3CCC(N)CC3)c3ccc(-c4ccc(C#N)cc4)cc3n2)cc1. The first-order valence-electron chi connectivity index (χ1n) is 11.7. The van der Waals surface area contributed by atoms with Crippen molar-refractivity contribution >= 4 is 22.5 Å². The Labute approximate surface area is 199 Å². The predicted octanol–water partition coefficient (Wildman–Crippen LogP) is 5.87. The van der Waals surface area contributed by atoms with Crippen LogP contribution in [0.2, 0.25) is 0 Å². The number of hydrogen-bond donors (Lipinski definition) is 2. The van der Waals surface area contributed by atoms with E-state index in [1.54, 1.807) is 0 Å². The zero-order valence-electron chi connectivity index (χ0n) is 19.2. The lowest BCUT2D eigenvalue weighted by atomic mass is 9.94. The number of nitrogens with zero attached hydrogens (tertiary/aromatic N) is 3. The first-order chi connectivity index (χ1) is 16.6. The largest absolute Gasteiger partial charge is 0.474 e. The van der Waals surface area contributed by atoms with E-state index in [2.05, 4.69) is 30.4 Å². The summed E-state index contributed by atoms with van der Waals surface area (Å²) in [6, 6.07) is 24.2. The third kappa shape index (κ3) is 4.85. The average Bonchev–Trinajstić information content (AvgIpc) is 2.86. The molecule has 0 saturated heterocycles. The Balaban J connectivity index is 1.53. The van der Waals surface area contributed by atoms with Crippen molar-refractivity contribution in [3.63, 3.8) is 0 Å². The summed E-state index contributed by atoms with van der Waals surface area (Å²) in [5.41, 5.74) is 11.7. The van der Waals surface area contributed by atoms with Gasteiger partial charge in [-0.2, -0.15) is 10.2 Å². The molecule has 3 aromatic carbocycles. The molecule has 1 aliphatic rings. The molecule has 1 fully saturated rings. The van der Waals surface area contributed by atoms with Crippen molar-refractivity contribution in [2.45, 2.75) is 44.8 Å². The van der Waals surface area contributed by atoms with Gasteiger partial charge in [0, 0.05) is 11.7 Å². The summed E-state index contributed by atoms with van der Waals surface area (Å²) in [5.74, 6) is 1.09. The van der Waals surface area contributed by atoms with Gasteiger partial charge in [0.15, 0.2) is 0 Å². The fourth-order valence-electron chi connectivity index (χ4n) is 4.29. The molecule has 0 bridgehead atoms. The topological polar surface area (TPSA) is 96.9 Å². The van der Waals surface area contributed by atoms with Gasteiger partial charge in [0.1, 0.15) is 6.10 Å². The summed E-state index contributed by atoms with van der Waals surface area (Å²) >= 11 is 0. The van der Waals surface area contributed by atoms with E-state index in [0.717, 1.165) is 53.4 Å². The van der Waals surface area contributed by atoms with E-state index in [-0.39, 0.29) is 12.1 Å². The Bertz CT molecular complexity index is 1330. The number of ether oxygens (including phenoxy) is 1. The smallest absolute Gasteiger partial charge is 0.231 e. The summed E-state index contributed by atoms with van der Waals surface area (Å²) in [6.07, 6.45) is 3.88. The maximum atomic E-state index is 9.09. The Hall–Kier alpha value is -3.95. The molecule has 0 atom stereocenters. The number of fused-ring (bicyclic) bond motifs is 1. The van der Waals surface area contributed by atoms with Crippen LogP contribution < -0.4 is 15.8 Å². The monoisotopic (exact) mass is 449 g/mol. The molecule has 0 amide bonds. The molecule has 170 valence electrons. The van der Waals surface area contributed by atoms with Crippen LogP contribution in [0.5, 0.6) is 5.88 Å². The third-order valence-electron chi connectivity index (χ3n) is 6.31. The molecule has 1 heterocycles. The number of aromatic nitrogens is 2. The van der Waals surface area contributed by atoms with E-state index in [1.807, 2.05) is 54.6 Å². The summed E-state index contributed by atoms with van der Waals surface area (Å²) in [4.78, 5) is 9.55. The second-order valence-corrected chi connectivity index (χ2v) is 8.92. The highest BCUT2D eigenvalue weighted by Crippen LogP contribution is 2.32. The van der Waals surface area contributed by atoms with Crippen molar-refractivity contribution in [2.24, 2.45) is 5.73 Å². The molecule has 4 aromatic rings. The highest BCUT2D eigenvalue weighted by atomic mass is 16.5. The van der Waals surface area contributed by atoms with Crippen LogP contribution in [0, 0.1) is 18.3 Å². The van der Waals surface area contributed by atoms with Crippen molar-refractivity contribution in [2.75, 3.05) is 5.32 Å². The van der Waals surface area contributed by atoms with E-state index >= 15 is 0 Å². The number of nitrogens with two attached hydrogens (primary N) is 1. The standard InChI is InChI=1S/C28H27N5O/c1-18-2-11-23(12-3-18)31-28-32-26-16-21(20-6-4-19(17-29)5-7-20)8-15-25(26)27(33-28)34-24-13-9-22(30)10-14-24/h2-8,11-12,15-16,22,24H,9-10,13-14,30H2,1H3,(H,31,32,33). The number of aryl methyl sites for hydroxylation is 1. The molecule has 0 radical (unpaired) electrons. The van der Waals surface area contributed by atoms with Crippen LogP contribution in [-0.4, -0.2) is 22.1 Å². The van der Waals surface area contributed by atoms with Crippen LogP contribution in [0.25, 0.3) is 22.0 Å². The van der Waals surface area contributed by atoms with E-state index in [9.17, 15) is 0 Å². The van der Waals surface area contributed by atoms with Crippen molar-refractivity contribution in [1.29, 1.82) is 5.26 Å². The fourth-order valence-corrected chi connectivity index (χ4v) is 4.29. The van der Waals surface area contributed by atoms with E-state index in [1.165, 1.54) is 5.56 Å². The molecule has 1 saturated carbocycles. The van der Waals surface area contributed by atoms with Gasteiger partial charge in [-0.1, -0.05) is 35.9 Å². The average molecular weight is 450 g/mol. The molecule has 6 nitrogen and oxygen atoms in total. The predicted molar refractivity (Wildman–Crippen MR) is 135 cm³/mol. The summed E-state index contributed by atoms with van der Waals surface area (Å²) in [7, 11) is 0. The normalized spacial score (nSPS) is 17.8. The van der Waals surface area contributed by atoms with E-state index < -0.39 is 0 Å². The lowest BCUT2D eigenvalue weighted by Crippen LogP contribution is -2.31. The Morgan fingerprint density at radius 3 is 2.32 bits per heavy atom. The van der Waals surface area contributed by atoms with Gasteiger partial charge in [-0.25, -0.2) is 4.98 Å². The van der Waals surface area contributed by atoms with Crippen LogP contribution >= 0.6 is 0 Å². The highest BCUT2D eigenvalue weighted by Gasteiger charge is 2.22. The number of anilines is 2. The second-order valence-electron chi connectivity index (χ2n) is 8.92. The lowest BCUT2D eigenvalue weighted by Gasteiger charge is -2.26. The minimum Gasteiger partial charge on any atom is -0.474 e. The summed E-state index contributed by atoms with van der Waals surface area (Å²) < 4.78 is 6.41. The maximum Gasteiger partial charge on any atom is 0.231 e. The minimum atomic E-state index is 0.100. The molecule has 0 aliphatic heterocycles. The zero-order valence-corrected chi connectivity index (χ0v) is 19.2. The van der Waals surface area contributed by atoms with E-state index in [0.29, 0.717) is 17.4 Å². The second kappa shape index (κ2) is 9.50. The first kappa shape index (κ1) is 21.9. The molecular formula is C28H27N5O. The van der Waals surface area contributed by atoms with Crippen LogP contribution in [0.3, 0.4) is 0 Å². The van der Waals surface area contributed by atoms with Gasteiger partial charge < -0.3 is 15.8 Å². The molecule has 6 heteroatoms. The third-order valence-corrected chi connectivity index (χ3v) is 6.31. The number of nitrogens with one attached hydrogen (secondary N) is 1. The zero-order chi connectivity index (χ0) is 23.5. The Morgan fingerprint density at radius 1 is 0.912 bits per heavy atom. The van der Waals surface area contributed by atoms with Gasteiger partial charge >= 0.3 is 0 Å². The number of benzene rings is 3. The molecule has 5 rings (SSSR count). The van der Waals surface area contributed by atoms with Gasteiger partial charge in [0.05, 0.1) is 22.5 Å². The van der Waals surface area contributed by atoms with Crippen molar-refractivity contribution < 1.29 is 4.74 Å². The van der Waals surface area contributed by atoms with Crippen molar-refractivity contribution in [1.82, 2.24) is 9.97 Å². The van der Waals surface area contributed by atoms with Crippen LogP contribution in [-0.2, 0) is 0 Å². The summed E-state index contributed by atoms with van der Waals surface area (Å²) in [6.45, 7) is 2.06. The van der Waals surface area contributed by atoms with Crippen LogP contribution in [0.4, 0.5) is 11.6 Å². The van der Waals surface area contributed by atoms with Gasteiger partial charge in [0.25, 0.3) is 0 Å².